The molecule has 2 aromatic rings. The Morgan fingerprint density at radius 1 is 1.08 bits per heavy atom. The van der Waals surface area contributed by atoms with E-state index < -0.39 is 24.3 Å². The van der Waals surface area contributed by atoms with Gasteiger partial charge in [0, 0.05) is 11.6 Å². The van der Waals surface area contributed by atoms with Gasteiger partial charge in [-0.25, -0.2) is 9.18 Å². The molecule has 6 nitrogen and oxygen atoms in total. The summed E-state index contributed by atoms with van der Waals surface area (Å²) in [6.45, 7) is 0.758. The normalized spacial score (nSPS) is 10.0. The number of amides is 1. The van der Waals surface area contributed by atoms with Crippen molar-refractivity contribution in [2.75, 3.05) is 19.0 Å². The van der Waals surface area contributed by atoms with Gasteiger partial charge in [0.25, 0.3) is 5.91 Å². The van der Waals surface area contributed by atoms with Gasteiger partial charge < -0.3 is 14.8 Å². The van der Waals surface area contributed by atoms with E-state index >= 15 is 0 Å². The van der Waals surface area contributed by atoms with Crippen LogP contribution >= 0.6 is 0 Å². The second-order valence-corrected chi connectivity index (χ2v) is 5.07. The number of anilines is 1. The number of hydrogen-bond acceptors (Lipinski definition) is 5. The molecule has 0 unspecified atom stereocenters. The maximum Gasteiger partial charge on any atom is 0.341 e. The molecule has 2 aromatic carbocycles. The van der Waals surface area contributed by atoms with Gasteiger partial charge in [-0.1, -0.05) is 12.1 Å². The number of esters is 1. The van der Waals surface area contributed by atoms with Gasteiger partial charge in [-0.2, -0.15) is 0 Å². The van der Waals surface area contributed by atoms with Gasteiger partial charge in [-0.15, -0.1) is 0 Å². The van der Waals surface area contributed by atoms with Crippen molar-refractivity contribution in [3.05, 3.63) is 59.4 Å². The van der Waals surface area contributed by atoms with E-state index in [0.717, 1.165) is 6.07 Å². The summed E-state index contributed by atoms with van der Waals surface area (Å²) < 4.78 is 23.4. The van der Waals surface area contributed by atoms with Gasteiger partial charge in [0.05, 0.1) is 18.4 Å². The Bertz CT molecular complexity index is 819. The summed E-state index contributed by atoms with van der Waals surface area (Å²) in [5, 5.41) is 2.48. The first-order valence-corrected chi connectivity index (χ1v) is 7.33. The zero-order chi connectivity index (χ0) is 18.4. The Kier molecular flexibility index (Phi) is 5.84. The van der Waals surface area contributed by atoms with E-state index in [2.05, 4.69) is 5.32 Å². The molecule has 0 aliphatic carbocycles. The van der Waals surface area contributed by atoms with Gasteiger partial charge in [0.2, 0.25) is 0 Å². The van der Waals surface area contributed by atoms with Crippen LogP contribution in [0.2, 0.25) is 0 Å². The zero-order valence-electron chi connectivity index (χ0n) is 13.7. The maximum atomic E-state index is 13.8. The predicted molar refractivity (Wildman–Crippen MR) is 88.3 cm³/mol. The second-order valence-electron chi connectivity index (χ2n) is 5.07. The summed E-state index contributed by atoms with van der Waals surface area (Å²) >= 11 is 0. The summed E-state index contributed by atoms with van der Waals surface area (Å²) in [7, 11) is 1.37. The van der Waals surface area contributed by atoms with Gasteiger partial charge in [0.15, 0.2) is 12.4 Å². The lowest BCUT2D eigenvalue weighted by Crippen LogP contribution is -2.22. The summed E-state index contributed by atoms with van der Waals surface area (Å²) in [4.78, 5) is 35.3. The smallest absolute Gasteiger partial charge is 0.341 e. The Balaban J connectivity index is 1.98. The first kappa shape index (κ1) is 18.1. The topological polar surface area (TPSA) is 81.7 Å². The fourth-order valence-electron chi connectivity index (χ4n) is 2.08. The third-order valence-electron chi connectivity index (χ3n) is 3.31. The van der Waals surface area contributed by atoms with E-state index in [1.165, 1.54) is 26.2 Å². The minimum Gasteiger partial charge on any atom is -0.497 e. The lowest BCUT2D eigenvalue weighted by Gasteiger charge is -2.10. The molecule has 0 aliphatic rings. The van der Waals surface area contributed by atoms with Crippen LogP contribution in [0.4, 0.5) is 10.1 Å². The van der Waals surface area contributed by atoms with E-state index in [1.54, 1.807) is 24.3 Å². The number of Topliss-reactive ketones (excluding diaryl/α,β-unsaturated/α-hetero) is 1. The molecule has 1 amide bonds. The average Bonchev–Trinajstić information content (AvgIpc) is 2.59. The largest absolute Gasteiger partial charge is 0.497 e. The van der Waals surface area contributed by atoms with Crippen LogP contribution in [0.15, 0.2) is 42.5 Å². The van der Waals surface area contributed by atoms with Gasteiger partial charge in [-0.05, 0) is 31.2 Å². The molecule has 0 fully saturated rings. The molecule has 0 aromatic heterocycles. The Labute approximate surface area is 143 Å². The number of nitrogens with one attached hydrogen (secondary N) is 1. The molecule has 2 rings (SSSR count). The standard InChI is InChI=1S/C18H16FNO5/c1-11(21)13-5-3-4-6-16(13)20-17(22)10-25-18(23)14-8-7-12(24-2)9-15(14)19/h3-9H,10H2,1-2H3,(H,20,22). The number of carbonyl (C=O) groups is 3. The van der Waals surface area contributed by atoms with Gasteiger partial charge in [0.1, 0.15) is 11.6 Å². The molecule has 130 valence electrons. The zero-order valence-corrected chi connectivity index (χ0v) is 13.7. The van der Waals surface area contributed by atoms with Crippen LogP contribution in [-0.4, -0.2) is 31.4 Å². The highest BCUT2D eigenvalue weighted by molar-refractivity contribution is 6.04. The van der Waals surface area contributed by atoms with Crippen molar-refractivity contribution in [2.24, 2.45) is 0 Å². The van der Waals surface area contributed by atoms with E-state index in [4.69, 9.17) is 9.47 Å². The van der Waals surface area contributed by atoms with Gasteiger partial charge in [-0.3, -0.25) is 9.59 Å². The fraction of sp³-hybridized carbons (Fsp3) is 0.167. The number of ether oxygens (including phenoxy) is 2. The van der Waals surface area contributed by atoms with Crippen LogP contribution in [0.5, 0.6) is 5.75 Å². The first-order valence-electron chi connectivity index (χ1n) is 7.33. The molecular formula is C18H16FNO5. The Morgan fingerprint density at radius 2 is 1.80 bits per heavy atom. The van der Waals surface area contributed by atoms with Crippen LogP contribution < -0.4 is 10.1 Å². The van der Waals surface area contributed by atoms with Crippen molar-refractivity contribution in [1.82, 2.24) is 0 Å². The van der Waals surface area contributed by atoms with E-state index in [1.807, 2.05) is 0 Å². The van der Waals surface area contributed by atoms with Crippen LogP contribution in [0, 0.1) is 5.82 Å². The molecule has 1 N–H and O–H groups in total. The minimum absolute atomic E-state index is 0.215. The molecule has 0 aliphatic heterocycles. The monoisotopic (exact) mass is 345 g/mol. The fourth-order valence-corrected chi connectivity index (χ4v) is 2.08. The minimum atomic E-state index is -0.977. The first-order chi connectivity index (χ1) is 11.9. The number of rotatable bonds is 6. The molecule has 0 bridgehead atoms. The number of carbonyl (C=O) groups excluding carboxylic acids is 3. The molecule has 0 radical (unpaired) electrons. The number of para-hydroxylation sites is 1. The lowest BCUT2D eigenvalue weighted by atomic mass is 10.1. The van der Waals surface area contributed by atoms with Gasteiger partial charge >= 0.3 is 5.97 Å². The van der Waals surface area contributed by atoms with Crippen LogP contribution in [-0.2, 0) is 9.53 Å². The Morgan fingerprint density at radius 3 is 2.44 bits per heavy atom. The van der Waals surface area contributed by atoms with E-state index in [-0.39, 0.29) is 17.1 Å². The number of ketones is 1. The van der Waals surface area contributed by atoms with Crippen molar-refractivity contribution in [3.63, 3.8) is 0 Å². The summed E-state index contributed by atoms with van der Waals surface area (Å²) in [6, 6.07) is 10.1. The highest BCUT2D eigenvalue weighted by Crippen LogP contribution is 2.18. The van der Waals surface area contributed by atoms with Crippen LogP contribution in [0.25, 0.3) is 0 Å². The van der Waals surface area contributed by atoms with Crippen molar-refractivity contribution >= 4 is 23.3 Å². The molecule has 0 saturated heterocycles. The summed E-state index contributed by atoms with van der Waals surface area (Å²) in [5.74, 6) is -2.39. The lowest BCUT2D eigenvalue weighted by molar-refractivity contribution is -0.119. The van der Waals surface area contributed by atoms with Crippen molar-refractivity contribution < 1.29 is 28.2 Å². The molecule has 0 spiro atoms. The van der Waals surface area contributed by atoms with Crippen LogP contribution in [0.3, 0.4) is 0 Å². The second kappa shape index (κ2) is 8.05. The summed E-state index contributed by atoms with van der Waals surface area (Å²) in [6.07, 6.45) is 0. The number of hydrogen-bond donors (Lipinski definition) is 1. The molecule has 7 heteroatoms. The predicted octanol–water partition coefficient (Wildman–Crippen LogP) is 2.83. The van der Waals surface area contributed by atoms with Crippen molar-refractivity contribution in [2.45, 2.75) is 6.92 Å². The highest BCUT2D eigenvalue weighted by atomic mass is 19.1. The third kappa shape index (κ3) is 4.63. The molecular weight excluding hydrogens is 329 g/mol. The molecule has 0 atom stereocenters. The van der Waals surface area contributed by atoms with E-state index in [0.29, 0.717) is 11.3 Å². The quantitative estimate of drug-likeness (QED) is 0.643. The number of methoxy groups -OCH3 is 1. The van der Waals surface area contributed by atoms with E-state index in [9.17, 15) is 18.8 Å². The SMILES string of the molecule is COc1ccc(C(=O)OCC(=O)Nc2ccccc2C(C)=O)c(F)c1. The number of benzene rings is 2. The van der Waals surface area contributed by atoms with Crippen LogP contribution in [0.1, 0.15) is 27.6 Å². The third-order valence-corrected chi connectivity index (χ3v) is 3.31. The number of halogens is 1. The molecule has 0 saturated carbocycles. The average molecular weight is 345 g/mol. The van der Waals surface area contributed by atoms with Crippen molar-refractivity contribution in [1.29, 1.82) is 0 Å². The van der Waals surface area contributed by atoms with Crippen molar-refractivity contribution in [3.8, 4) is 5.75 Å². The molecule has 0 heterocycles. The molecule has 25 heavy (non-hydrogen) atoms. The summed E-state index contributed by atoms with van der Waals surface area (Å²) in [5.41, 5.74) is 0.341. The maximum absolute atomic E-state index is 13.8. The Hall–Kier alpha value is -3.22. The highest BCUT2D eigenvalue weighted by Gasteiger charge is 2.16.